The molecule has 1 aromatic heterocycles. The van der Waals surface area contributed by atoms with Gasteiger partial charge >= 0.3 is 0 Å². The molecule has 0 fully saturated rings. The summed E-state index contributed by atoms with van der Waals surface area (Å²) in [7, 11) is -1.59. The zero-order chi connectivity index (χ0) is 17.3. The molecule has 124 valence electrons. The van der Waals surface area contributed by atoms with E-state index in [-0.39, 0.29) is 0 Å². The zero-order valence-electron chi connectivity index (χ0n) is 13.1. The summed E-state index contributed by atoms with van der Waals surface area (Å²) in [5.74, 6) is 0.775. The van der Waals surface area contributed by atoms with Crippen LogP contribution in [0.1, 0.15) is 0 Å². The van der Waals surface area contributed by atoms with E-state index >= 15 is 0 Å². The highest BCUT2D eigenvalue weighted by molar-refractivity contribution is 9.10. The van der Waals surface area contributed by atoms with Gasteiger partial charge in [0.1, 0.15) is 12.0 Å². The van der Waals surface area contributed by atoms with Crippen LogP contribution >= 0.6 is 15.9 Å². The SMILES string of the molecule is COc1ccc(-c2c(-c3ccc(S(C)(=O)=O)cc3)coc2Br)cc1. The van der Waals surface area contributed by atoms with Gasteiger partial charge in [0.05, 0.1) is 12.0 Å². The third kappa shape index (κ3) is 3.25. The monoisotopic (exact) mass is 406 g/mol. The third-order valence-corrected chi connectivity index (χ3v) is 5.43. The number of benzene rings is 2. The summed E-state index contributed by atoms with van der Waals surface area (Å²) in [6, 6.07) is 14.4. The fourth-order valence-electron chi connectivity index (χ4n) is 2.46. The fraction of sp³-hybridized carbons (Fsp3) is 0.111. The molecule has 2 aromatic carbocycles. The molecule has 0 atom stereocenters. The average Bonchev–Trinajstić information content (AvgIpc) is 2.96. The number of furan rings is 1. The minimum Gasteiger partial charge on any atom is -0.497 e. The molecule has 0 radical (unpaired) electrons. The molecule has 0 bridgehead atoms. The smallest absolute Gasteiger partial charge is 0.177 e. The largest absolute Gasteiger partial charge is 0.497 e. The lowest BCUT2D eigenvalue weighted by Gasteiger charge is -2.07. The molecule has 1 heterocycles. The maximum absolute atomic E-state index is 11.6. The van der Waals surface area contributed by atoms with E-state index in [0.29, 0.717) is 9.56 Å². The molecule has 0 aliphatic rings. The first-order valence-electron chi connectivity index (χ1n) is 7.12. The van der Waals surface area contributed by atoms with E-state index in [1.165, 1.54) is 6.26 Å². The van der Waals surface area contributed by atoms with E-state index in [0.717, 1.165) is 28.0 Å². The van der Waals surface area contributed by atoms with Crippen molar-refractivity contribution in [1.29, 1.82) is 0 Å². The van der Waals surface area contributed by atoms with Gasteiger partial charge in [-0.25, -0.2) is 8.42 Å². The number of rotatable bonds is 4. The average molecular weight is 407 g/mol. The Morgan fingerprint density at radius 3 is 2.08 bits per heavy atom. The van der Waals surface area contributed by atoms with Crippen molar-refractivity contribution in [2.24, 2.45) is 0 Å². The first kappa shape index (κ1) is 16.8. The topological polar surface area (TPSA) is 56.5 Å². The Hall–Kier alpha value is -2.05. The van der Waals surface area contributed by atoms with Crippen LogP contribution in [0.3, 0.4) is 0 Å². The molecular formula is C18H15BrO4S. The second kappa shape index (κ2) is 6.45. The van der Waals surface area contributed by atoms with Crippen LogP contribution in [0.5, 0.6) is 5.75 Å². The lowest BCUT2D eigenvalue weighted by molar-refractivity contribution is 0.415. The van der Waals surface area contributed by atoms with Crippen LogP contribution in [-0.4, -0.2) is 21.8 Å². The van der Waals surface area contributed by atoms with Crippen molar-refractivity contribution in [3.05, 3.63) is 59.5 Å². The van der Waals surface area contributed by atoms with E-state index in [4.69, 9.17) is 9.15 Å². The number of ether oxygens (including phenoxy) is 1. The van der Waals surface area contributed by atoms with Crippen LogP contribution in [0.25, 0.3) is 22.3 Å². The third-order valence-electron chi connectivity index (χ3n) is 3.72. The molecule has 0 saturated carbocycles. The maximum Gasteiger partial charge on any atom is 0.177 e. The lowest BCUT2D eigenvalue weighted by Crippen LogP contribution is -1.96. The molecule has 4 nitrogen and oxygen atoms in total. The Labute approximate surface area is 149 Å². The van der Waals surface area contributed by atoms with Crippen LogP contribution < -0.4 is 4.74 Å². The number of halogens is 1. The standard InChI is InChI=1S/C18H15BrO4S/c1-22-14-7-3-13(4-8-14)17-16(11-23-18(17)19)12-5-9-15(10-6-12)24(2,20)21/h3-11H,1-2H3. The molecule has 3 aromatic rings. The minimum atomic E-state index is -3.21. The van der Waals surface area contributed by atoms with Crippen molar-refractivity contribution >= 4 is 25.8 Å². The highest BCUT2D eigenvalue weighted by Gasteiger charge is 2.16. The molecule has 0 saturated heterocycles. The van der Waals surface area contributed by atoms with Crippen molar-refractivity contribution in [3.63, 3.8) is 0 Å². The summed E-state index contributed by atoms with van der Waals surface area (Å²) in [5.41, 5.74) is 3.64. The summed E-state index contributed by atoms with van der Waals surface area (Å²) in [5, 5.41) is 0. The number of sulfone groups is 1. The highest BCUT2D eigenvalue weighted by atomic mass is 79.9. The van der Waals surface area contributed by atoms with Crippen LogP contribution in [-0.2, 0) is 9.84 Å². The summed E-state index contributed by atoms with van der Waals surface area (Å²) >= 11 is 3.44. The molecule has 6 heteroatoms. The molecule has 3 rings (SSSR count). The van der Waals surface area contributed by atoms with Gasteiger partial charge in [-0.3, -0.25) is 0 Å². The number of hydrogen-bond acceptors (Lipinski definition) is 4. The van der Waals surface area contributed by atoms with Gasteiger partial charge in [-0.15, -0.1) is 0 Å². The second-order valence-electron chi connectivity index (χ2n) is 5.32. The molecular weight excluding hydrogens is 392 g/mol. The molecule has 0 spiro atoms. The molecule has 0 amide bonds. The van der Waals surface area contributed by atoms with Gasteiger partial charge in [0.25, 0.3) is 0 Å². The van der Waals surface area contributed by atoms with Gasteiger partial charge in [0.2, 0.25) is 0 Å². The molecule has 0 N–H and O–H groups in total. The lowest BCUT2D eigenvalue weighted by atomic mass is 9.99. The minimum absolute atomic E-state index is 0.291. The van der Waals surface area contributed by atoms with Gasteiger partial charge in [0.15, 0.2) is 14.5 Å². The molecule has 0 aliphatic carbocycles. The Kier molecular flexibility index (Phi) is 4.51. The van der Waals surface area contributed by atoms with Crippen molar-refractivity contribution in [2.75, 3.05) is 13.4 Å². The zero-order valence-corrected chi connectivity index (χ0v) is 15.5. The first-order chi connectivity index (χ1) is 11.4. The van der Waals surface area contributed by atoms with Crippen molar-refractivity contribution in [3.8, 4) is 28.0 Å². The van der Waals surface area contributed by atoms with Gasteiger partial charge in [-0.1, -0.05) is 24.3 Å². The van der Waals surface area contributed by atoms with E-state index < -0.39 is 9.84 Å². The van der Waals surface area contributed by atoms with E-state index in [2.05, 4.69) is 15.9 Å². The van der Waals surface area contributed by atoms with E-state index in [9.17, 15) is 8.42 Å². The molecule has 0 unspecified atom stereocenters. The van der Waals surface area contributed by atoms with Crippen molar-refractivity contribution in [2.45, 2.75) is 4.90 Å². The number of methoxy groups -OCH3 is 1. The van der Waals surface area contributed by atoms with Crippen molar-refractivity contribution in [1.82, 2.24) is 0 Å². The Morgan fingerprint density at radius 1 is 0.958 bits per heavy atom. The first-order valence-corrected chi connectivity index (χ1v) is 9.80. The maximum atomic E-state index is 11.6. The van der Waals surface area contributed by atoms with Gasteiger partial charge in [-0.05, 0) is 51.3 Å². The molecule has 0 aliphatic heterocycles. The predicted molar refractivity (Wildman–Crippen MR) is 96.9 cm³/mol. The van der Waals surface area contributed by atoms with Crippen LogP contribution in [0.15, 0.2) is 68.8 Å². The Balaban J connectivity index is 2.06. The van der Waals surface area contributed by atoms with Crippen LogP contribution in [0.4, 0.5) is 0 Å². The van der Waals surface area contributed by atoms with Gasteiger partial charge in [-0.2, -0.15) is 0 Å². The summed E-state index contributed by atoms with van der Waals surface area (Å²) < 4.78 is 34.5. The van der Waals surface area contributed by atoms with E-state index in [1.54, 1.807) is 37.6 Å². The molecule has 24 heavy (non-hydrogen) atoms. The van der Waals surface area contributed by atoms with Gasteiger partial charge in [0, 0.05) is 17.4 Å². The Morgan fingerprint density at radius 2 is 1.54 bits per heavy atom. The summed E-state index contributed by atoms with van der Waals surface area (Å²) in [4.78, 5) is 0.291. The Bertz CT molecular complexity index is 955. The summed E-state index contributed by atoms with van der Waals surface area (Å²) in [6.45, 7) is 0. The second-order valence-corrected chi connectivity index (χ2v) is 8.06. The predicted octanol–water partition coefficient (Wildman–Crippen LogP) is 4.79. The normalized spacial score (nSPS) is 11.5. The van der Waals surface area contributed by atoms with Crippen molar-refractivity contribution < 1.29 is 17.6 Å². The van der Waals surface area contributed by atoms with Crippen LogP contribution in [0, 0.1) is 0 Å². The fourth-order valence-corrected chi connectivity index (χ4v) is 3.62. The number of hydrogen-bond donors (Lipinski definition) is 0. The van der Waals surface area contributed by atoms with E-state index in [1.807, 2.05) is 24.3 Å². The van der Waals surface area contributed by atoms with Crippen LogP contribution in [0.2, 0.25) is 0 Å². The summed E-state index contributed by atoms with van der Waals surface area (Å²) in [6.07, 6.45) is 2.85. The quantitative estimate of drug-likeness (QED) is 0.624. The highest BCUT2D eigenvalue weighted by Crippen LogP contribution is 2.40. The van der Waals surface area contributed by atoms with Gasteiger partial charge < -0.3 is 9.15 Å².